The Morgan fingerprint density at radius 1 is 0.852 bits per heavy atom. The molecule has 0 radical (unpaired) electrons. The molecule has 2 aromatic carbocycles. The van der Waals surface area contributed by atoms with Gasteiger partial charge in [0, 0.05) is 18.0 Å². The fraction of sp³-hybridized carbons (Fsp3) is 0.238. The quantitative estimate of drug-likeness (QED) is 0.648. The highest BCUT2D eigenvalue weighted by Gasteiger charge is 2.09. The molecule has 0 saturated heterocycles. The summed E-state index contributed by atoms with van der Waals surface area (Å²) in [4.78, 5) is 8.88. The van der Waals surface area contributed by atoms with E-state index in [1.807, 2.05) is 24.3 Å². The lowest BCUT2D eigenvalue weighted by molar-refractivity contribution is 0.405. The molecule has 6 nitrogen and oxygen atoms in total. The van der Waals surface area contributed by atoms with Crippen LogP contribution in [0.1, 0.15) is 16.7 Å². The summed E-state index contributed by atoms with van der Waals surface area (Å²) < 4.78 is 10.7. The number of aryl methyl sites for hydroxylation is 3. The zero-order chi connectivity index (χ0) is 19.4. The number of ether oxygens (including phenoxy) is 2. The first-order chi connectivity index (χ1) is 13.0. The van der Waals surface area contributed by atoms with Gasteiger partial charge in [-0.1, -0.05) is 17.7 Å². The Morgan fingerprint density at radius 3 is 2.26 bits per heavy atom. The van der Waals surface area contributed by atoms with Crippen molar-refractivity contribution in [3.8, 4) is 11.5 Å². The Morgan fingerprint density at radius 2 is 1.59 bits per heavy atom. The molecule has 27 heavy (non-hydrogen) atoms. The maximum Gasteiger partial charge on any atom is 0.229 e. The summed E-state index contributed by atoms with van der Waals surface area (Å²) in [6, 6.07) is 11.7. The Labute approximate surface area is 159 Å². The second kappa shape index (κ2) is 7.95. The molecule has 0 unspecified atom stereocenters. The Hall–Kier alpha value is -3.28. The van der Waals surface area contributed by atoms with Gasteiger partial charge in [0.1, 0.15) is 17.3 Å². The van der Waals surface area contributed by atoms with Crippen molar-refractivity contribution in [2.75, 3.05) is 24.9 Å². The van der Waals surface area contributed by atoms with E-state index in [0.717, 1.165) is 17.1 Å². The third-order valence-corrected chi connectivity index (χ3v) is 4.24. The van der Waals surface area contributed by atoms with Crippen LogP contribution in [0.5, 0.6) is 11.5 Å². The number of nitrogens with one attached hydrogen (secondary N) is 2. The van der Waals surface area contributed by atoms with Gasteiger partial charge in [0.25, 0.3) is 0 Å². The van der Waals surface area contributed by atoms with Gasteiger partial charge in [-0.3, -0.25) is 0 Å². The fourth-order valence-electron chi connectivity index (χ4n) is 3.03. The van der Waals surface area contributed by atoms with E-state index in [4.69, 9.17) is 9.47 Å². The largest absolute Gasteiger partial charge is 0.497 e. The van der Waals surface area contributed by atoms with E-state index < -0.39 is 0 Å². The minimum Gasteiger partial charge on any atom is -0.497 e. The highest BCUT2D eigenvalue weighted by Crippen LogP contribution is 2.31. The van der Waals surface area contributed by atoms with Crippen LogP contribution >= 0.6 is 0 Å². The van der Waals surface area contributed by atoms with Crippen LogP contribution in [0, 0.1) is 20.8 Å². The number of anilines is 4. The third kappa shape index (κ3) is 4.28. The predicted octanol–water partition coefficient (Wildman–Crippen LogP) is 4.91. The van der Waals surface area contributed by atoms with Crippen molar-refractivity contribution in [3.63, 3.8) is 0 Å². The number of methoxy groups -OCH3 is 2. The number of hydrogen-bond acceptors (Lipinski definition) is 6. The van der Waals surface area contributed by atoms with Crippen molar-refractivity contribution in [2.24, 2.45) is 0 Å². The van der Waals surface area contributed by atoms with Gasteiger partial charge in [-0.25, -0.2) is 4.98 Å². The van der Waals surface area contributed by atoms with E-state index in [1.54, 1.807) is 20.4 Å². The lowest BCUT2D eigenvalue weighted by Gasteiger charge is -2.15. The Bertz CT molecular complexity index is 934. The number of benzene rings is 2. The molecule has 0 atom stereocenters. The standard InChI is InChI=1S/C21H24N4O2/c1-13-10-14(2)20(15(3)11-13)24-19-8-9-22-21(25-19)23-17-12-16(26-4)6-7-18(17)27-5/h6-12H,1-5H3,(H2,22,23,24,25). The first-order valence-corrected chi connectivity index (χ1v) is 8.67. The summed E-state index contributed by atoms with van der Waals surface area (Å²) in [6.45, 7) is 6.27. The van der Waals surface area contributed by atoms with Crippen LogP contribution in [0.4, 0.5) is 23.1 Å². The number of nitrogens with zero attached hydrogens (tertiary/aromatic N) is 2. The van der Waals surface area contributed by atoms with Crippen molar-refractivity contribution >= 4 is 23.1 Å². The summed E-state index contributed by atoms with van der Waals surface area (Å²) in [5.74, 6) is 2.58. The smallest absolute Gasteiger partial charge is 0.229 e. The molecule has 3 aromatic rings. The molecule has 0 aliphatic rings. The molecule has 1 aromatic heterocycles. The van der Waals surface area contributed by atoms with Crippen LogP contribution in [0.15, 0.2) is 42.6 Å². The van der Waals surface area contributed by atoms with Crippen molar-refractivity contribution in [1.82, 2.24) is 9.97 Å². The van der Waals surface area contributed by atoms with E-state index in [9.17, 15) is 0 Å². The van der Waals surface area contributed by atoms with Crippen molar-refractivity contribution in [1.29, 1.82) is 0 Å². The maximum absolute atomic E-state index is 5.40. The van der Waals surface area contributed by atoms with Gasteiger partial charge in [-0.2, -0.15) is 4.98 Å². The Kier molecular flexibility index (Phi) is 5.45. The topological polar surface area (TPSA) is 68.3 Å². The highest BCUT2D eigenvalue weighted by molar-refractivity contribution is 5.68. The number of aromatic nitrogens is 2. The van der Waals surface area contributed by atoms with E-state index in [2.05, 4.69) is 53.5 Å². The minimum absolute atomic E-state index is 0.467. The van der Waals surface area contributed by atoms with Gasteiger partial charge < -0.3 is 20.1 Å². The van der Waals surface area contributed by atoms with E-state index in [0.29, 0.717) is 17.5 Å². The molecule has 0 saturated carbocycles. The van der Waals surface area contributed by atoms with E-state index in [-0.39, 0.29) is 0 Å². The number of hydrogen-bond donors (Lipinski definition) is 2. The second-order valence-electron chi connectivity index (χ2n) is 6.36. The van der Waals surface area contributed by atoms with Gasteiger partial charge in [0.05, 0.1) is 19.9 Å². The van der Waals surface area contributed by atoms with Crippen molar-refractivity contribution < 1.29 is 9.47 Å². The van der Waals surface area contributed by atoms with E-state index >= 15 is 0 Å². The van der Waals surface area contributed by atoms with E-state index in [1.165, 1.54) is 16.7 Å². The SMILES string of the molecule is COc1ccc(OC)c(Nc2nccc(Nc3c(C)cc(C)cc3C)n2)c1. The third-order valence-electron chi connectivity index (χ3n) is 4.24. The molecule has 2 N–H and O–H groups in total. The molecule has 0 bridgehead atoms. The maximum atomic E-state index is 5.40. The van der Waals surface area contributed by atoms with Crippen LogP contribution in [-0.4, -0.2) is 24.2 Å². The fourth-order valence-corrected chi connectivity index (χ4v) is 3.03. The number of rotatable bonds is 6. The van der Waals surface area contributed by atoms with Crippen molar-refractivity contribution in [3.05, 3.63) is 59.3 Å². The zero-order valence-electron chi connectivity index (χ0n) is 16.3. The molecule has 1 heterocycles. The van der Waals surface area contributed by atoms with Crippen LogP contribution in [0.25, 0.3) is 0 Å². The molecule has 3 rings (SSSR count). The first kappa shape index (κ1) is 18.5. The lowest BCUT2D eigenvalue weighted by atomic mass is 10.1. The van der Waals surface area contributed by atoms with Gasteiger partial charge in [-0.05, 0) is 50.1 Å². The predicted molar refractivity (Wildman–Crippen MR) is 109 cm³/mol. The molecule has 0 fully saturated rings. The lowest BCUT2D eigenvalue weighted by Crippen LogP contribution is -2.03. The van der Waals surface area contributed by atoms with Crippen LogP contribution in [-0.2, 0) is 0 Å². The summed E-state index contributed by atoms with van der Waals surface area (Å²) in [5.41, 5.74) is 5.39. The van der Waals surface area contributed by atoms with Gasteiger partial charge in [0.2, 0.25) is 5.95 Å². The normalized spacial score (nSPS) is 10.4. The molecule has 140 valence electrons. The summed E-state index contributed by atoms with van der Waals surface area (Å²) in [7, 11) is 3.24. The first-order valence-electron chi connectivity index (χ1n) is 8.67. The molecular formula is C21H24N4O2. The molecular weight excluding hydrogens is 340 g/mol. The van der Waals surface area contributed by atoms with Crippen LogP contribution in [0.2, 0.25) is 0 Å². The van der Waals surface area contributed by atoms with Gasteiger partial charge in [-0.15, -0.1) is 0 Å². The monoisotopic (exact) mass is 364 g/mol. The van der Waals surface area contributed by atoms with Gasteiger partial charge in [0.15, 0.2) is 0 Å². The van der Waals surface area contributed by atoms with Crippen LogP contribution < -0.4 is 20.1 Å². The highest BCUT2D eigenvalue weighted by atomic mass is 16.5. The summed E-state index contributed by atoms with van der Waals surface area (Å²) in [5, 5.41) is 6.59. The molecule has 0 aliphatic carbocycles. The molecule has 0 spiro atoms. The summed E-state index contributed by atoms with van der Waals surface area (Å²) in [6.07, 6.45) is 1.71. The molecule has 0 amide bonds. The minimum atomic E-state index is 0.467. The molecule has 6 heteroatoms. The second-order valence-corrected chi connectivity index (χ2v) is 6.36. The molecule has 0 aliphatic heterocycles. The van der Waals surface area contributed by atoms with Crippen molar-refractivity contribution in [2.45, 2.75) is 20.8 Å². The van der Waals surface area contributed by atoms with Crippen LogP contribution in [0.3, 0.4) is 0 Å². The average molecular weight is 364 g/mol. The average Bonchev–Trinajstić information content (AvgIpc) is 2.65. The zero-order valence-corrected chi connectivity index (χ0v) is 16.3. The summed E-state index contributed by atoms with van der Waals surface area (Å²) >= 11 is 0. The Balaban J connectivity index is 1.87. The van der Waals surface area contributed by atoms with Gasteiger partial charge >= 0.3 is 0 Å².